The summed E-state index contributed by atoms with van der Waals surface area (Å²) in [4.78, 5) is 27.7. The number of carbonyl (C=O) groups excluding carboxylic acids is 2. The zero-order valence-corrected chi connectivity index (χ0v) is 26.2. The number of nitrogens with zero attached hydrogens (tertiary/aromatic N) is 1. The second-order valence-corrected chi connectivity index (χ2v) is 11.6. The van der Waals surface area contributed by atoms with Crippen molar-refractivity contribution in [1.82, 2.24) is 15.5 Å². The summed E-state index contributed by atoms with van der Waals surface area (Å²) in [5, 5.41) is 6.00. The Kier molecular flexibility index (Phi) is 12.6. The van der Waals surface area contributed by atoms with Crippen molar-refractivity contribution in [3.8, 4) is 11.1 Å². The van der Waals surface area contributed by atoms with E-state index in [1.54, 1.807) is 24.3 Å². The molecule has 0 bridgehead atoms. The summed E-state index contributed by atoms with van der Waals surface area (Å²) in [6.07, 6.45) is 0.562. The molecule has 1 fully saturated rings. The standard InChI is InChI=1S/C36H44F3N3O3/c1-3-27-11-8-10-26(2)31(27)14-9-15-34(43)40-20-6-7-21-42-22-23-45-30(25-42)24-41-35(44)33-13-5-4-12-32(33)28-16-18-29(19-17-28)36(37,38)39/h4-5,8,10-13,16-19,30H,3,6-7,9,14-15,20-25H2,1-2H3,(H,40,43)(H,41,44). The van der Waals surface area contributed by atoms with Gasteiger partial charge in [0.15, 0.2) is 0 Å². The molecule has 2 N–H and O–H groups in total. The van der Waals surface area contributed by atoms with E-state index in [1.807, 2.05) is 0 Å². The average molecular weight is 624 g/mol. The lowest BCUT2D eigenvalue weighted by Crippen LogP contribution is -2.47. The number of benzene rings is 3. The molecule has 4 rings (SSSR count). The van der Waals surface area contributed by atoms with Gasteiger partial charge < -0.3 is 15.4 Å². The molecule has 1 aliphatic heterocycles. The summed E-state index contributed by atoms with van der Waals surface area (Å²) in [6, 6.07) is 18.1. The van der Waals surface area contributed by atoms with Gasteiger partial charge in [0.1, 0.15) is 0 Å². The third kappa shape index (κ3) is 10.2. The van der Waals surface area contributed by atoms with Crippen LogP contribution in [0.4, 0.5) is 13.2 Å². The molecule has 3 aromatic carbocycles. The lowest BCUT2D eigenvalue weighted by atomic mass is 9.95. The first-order valence-electron chi connectivity index (χ1n) is 15.9. The first-order valence-corrected chi connectivity index (χ1v) is 15.9. The number of hydrogen-bond donors (Lipinski definition) is 2. The van der Waals surface area contributed by atoms with Crippen molar-refractivity contribution in [2.24, 2.45) is 0 Å². The average Bonchev–Trinajstić information content (AvgIpc) is 3.04. The van der Waals surface area contributed by atoms with Crippen LogP contribution in [-0.2, 0) is 28.5 Å². The van der Waals surface area contributed by atoms with Crippen LogP contribution < -0.4 is 10.6 Å². The second-order valence-electron chi connectivity index (χ2n) is 11.6. The number of alkyl halides is 3. The molecule has 1 unspecified atom stereocenters. The number of hydrogen-bond acceptors (Lipinski definition) is 4. The predicted octanol–water partition coefficient (Wildman–Crippen LogP) is 6.59. The van der Waals surface area contributed by atoms with E-state index in [0.717, 1.165) is 57.3 Å². The molecule has 0 aromatic heterocycles. The molecule has 0 saturated carbocycles. The fourth-order valence-corrected chi connectivity index (χ4v) is 5.83. The van der Waals surface area contributed by atoms with E-state index in [9.17, 15) is 22.8 Å². The van der Waals surface area contributed by atoms with Gasteiger partial charge in [-0.05, 0) is 91.6 Å². The first kappa shape index (κ1) is 34.2. The third-order valence-electron chi connectivity index (χ3n) is 8.35. The van der Waals surface area contributed by atoms with Crippen LogP contribution in [-0.4, -0.2) is 62.1 Å². The number of rotatable bonds is 14. The molecule has 0 aliphatic carbocycles. The van der Waals surface area contributed by atoms with Crippen molar-refractivity contribution in [2.75, 3.05) is 39.3 Å². The number of carbonyl (C=O) groups is 2. The van der Waals surface area contributed by atoms with Crippen LogP contribution in [0.25, 0.3) is 11.1 Å². The maximum atomic E-state index is 13.1. The Labute approximate surface area is 264 Å². The van der Waals surface area contributed by atoms with E-state index in [0.29, 0.717) is 49.4 Å². The van der Waals surface area contributed by atoms with Crippen molar-refractivity contribution in [3.63, 3.8) is 0 Å². The minimum Gasteiger partial charge on any atom is -0.374 e. The monoisotopic (exact) mass is 623 g/mol. The van der Waals surface area contributed by atoms with Crippen LogP contribution in [0.2, 0.25) is 0 Å². The van der Waals surface area contributed by atoms with E-state index >= 15 is 0 Å². The van der Waals surface area contributed by atoms with Gasteiger partial charge >= 0.3 is 6.18 Å². The molecule has 1 atom stereocenters. The van der Waals surface area contributed by atoms with E-state index in [1.165, 1.54) is 28.8 Å². The van der Waals surface area contributed by atoms with Crippen molar-refractivity contribution in [2.45, 2.75) is 64.7 Å². The maximum absolute atomic E-state index is 13.1. The van der Waals surface area contributed by atoms with Crippen LogP contribution in [0.5, 0.6) is 0 Å². The molecule has 9 heteroatoms. The van der Waals surface area contributed by atoms with Gasteiger partial charge in [0.2, 0.25) is 5.91 Å². The minimum atomic E-state index is -4.42. The number of morpholine rings is 1. The molecular formula is C36H44F3N3O3. The lowest BCUT2D eigenvalue weighted by Gasteiger charge is -2.33. The zero-order chi connectivity index (χ0) is 32.2. The summed E-state index contributed by atoms with van der Waals surface area (Å²) >= 11 is 0. The lowest BCUT2D eigenvalue weighted by molar-refractivity contribution is -0.137. The highest BCUT2D eigenvalue weighted by molar-refractivity contribution is 6.00. The van der Waals surface area contributed by atoms with E-state index in [2.05, 4.69) is 47.6 Å². The molecule has 3 aromatic rings. The predicted molar refractivity (Wildman–Crippen MR) is 171 cm³/mol. The number of aryl methyl sites for hydroxylation is 2. The highest BCUT2D eigenvalue weighted by Gasteiger charge is 2.30. The third-order valence-corrected chi connectivity index (χ3v) is 8.35. The Balaban J connectivity index is 1.14. The Hall–Kier alpha value is -3.69. The molecule has 1 aliphatic rings. The van der Waals surface area contributed by atoms with Gasteiger partial charge in [0, 0.05) is 38.2 Å². The van der Waals surface area contributed by atoms with Gasteiger partial charge in [-0.3, -0.25) is 14.5 Å². The number of ether oxygens (including phenoxy) is 1. The summed E-state index contributed by atoms with van der Waals surface area (Å²) in [7, 11) is 0. The summed E-state index contributed by atoms with van der Waals surface area (Å²) < 4.78 is 44.8. The van der Waals surface area contributed by atoms with Crippen LogP contribution in [0.1, 0.15) is 65.2 Å². The molecule has 0 spiro atoms. The Morgan fingerprint density at radius 1 is 0.956 bits per heavy atom. The highest BCUT2D eigenvalue weighted by atomic mass is 19.4. The largest absolute Gasteiger partial charge is 0.416 e. The smallest absolute Gasteiger partial charge is 0.374 e. The first-order chi connectivity index (χ1) is 21.7. The number of amides is 2. The molecule has 242 valence electrons. The van der Waals surface area contributed by atoms with Gasteiger partial charge in [-0.1, -0.05) is 55.5 Å². The Bertz CT molecular complexity index is 1410. The van der Waals surface area contributed by atoms with Crippen LogP contribution in [0, 0.1) is 6.92 Å². The van der Waals surface area contributed by atoms with Gasteiger partial charge in [0.25, 0.3) is 5.91 Å². The van der Waals surface area contributed by atoms with E-state index < -0.39 is 11.7 Å². The quantitative estimate of drug-likeness (QED) is 0.199. The van der Waals surface area contributed by atoms with E-state index in [4.69, 9.17) is 4.74 Å². The molecular weight excluding hydrogens is 579 g/mol. The highest BCUT2D eigenvalue weighted by Crippen LogP contribution is 2.32. The number of halogens is 3. The molecule has 45 heavy (non-hydrogen) atoms. The van der Waals surface area contributed by atoms with Gasteiger partial charge in [-0.25, -0.2) is 0 Å². The second kappa shape index (κ2) is 16.6. The normalized spacial score (nSPS) is 15.5. The minimum absolute atomic E-state index is 0.101. The Morgan fingerprint density at radius 2 is 1.73 bits per heavy atom. The van der Waals surface area contributed by atoms with Crippen molar-refractivity contribution in [3.05, 3.63) is 94.5 Å². The van der Waals surface area contributed by atoms with Crippen molar-refractivity contribution in [1.29, 1.82) is 0 Å². The molecule has 0 radical (unpaired) electrons. The van der Waals surface area contributed by atoms with Gasteiger partial charge in [0.05, 0.1) is 18.3 Å². The van der Waals surface area contributed by atoms with Crippen molar-refractivity contribution < 1.29 is 27.5 Å². The number of unbranched alkanes of at least 4 members (excludes halogenated alkanes) is 1. The summed E-state index contributed by atoms with van der Waals surface area (Å²) in [5.74, 6) is -0.199. The van der Waals surface area contributed by atoms with Crippen LogP contribution in [0.15, 0.2) is 66.7 Å². The van der Waals surface area contributed by atoms with Crippen LogP contribution >= 0.6 is 0 Å². The summed E-state index contributed by atoms with van der Waals surface area (Å²) in [6.45, 7) is 8.24. The maximum Gasteiger partial charge on any atom is 0.416 e. The fourth-order valence-electron chi connectivity index (χ4n) is 5.83. The Morgan fingerprint density at radius 3 is 2.49 bits per heavy atom. The topological polar surface area (TPSA) is 70.7 Å². The molecule has 1 heterocycles. The molecule has 2 amide bonds. The zero-order valence-electron chi connectivity index (χ0n) is 26.2. The summed E-state index contributed by atoms with van der Waals surface area (Å²) in [5.41, 5.74) is 4.81. The fraction of sp³-hybridized carbons (Fsp3) is 0.444. The van der Waals surface area contributed by atoms with E-state index in [-0.39, 0.29) is 17.9 Å². The van der Waals surface area contributed by atoms with Crippen molar-refractivity contribution >= 4 is 11.8 Å². The number of nitrogens with one attached hydrogen (secondary N) is 2. The van der Waals surface area contributed by atoms with Gasteiger partial charge in [-0.2, -0.15) is 13.2 Å². The SMILES string of the molecule is CCc1cccc(C)c1CCCC(=O)NCCCCN1CCOC(CNC(=O)c2ccccc2-c2ccc(C(F)(F)F)cc2)C1. The van der Waals surface area contributed by atoms with Crippen LogP contribution in [0.3, 0.4) is 0 Å². The molecule has 1 saturated heterocycles. The molecule has 6 nitrogen and oxygen atoms in total. The van der Waals surface area contributed by atoms with Gasteiger partial charge in [-0.15, -0.1) is 0 Å².